The summed E-state index contributed by atoms with van der Waals surface area (Å²) in [6.07, 6.45) is 0.848. The Hall–Kier alpha value is -2.93. The van der Waals surface area contributed by atoms with Crippen molar-refractivity contribution in [2.75, 3.05) is 26.8 Å². The molecule has 0 saturated carbocycles. The molecule has 0 spiro atoms. The summed E-state index contributed by atoms with van der Waals surface area (Å²) in [5.74, 6) is 0.138. The van der Waals surface area contributed by atoms with Gasteiger partial charge >= 0.3 is 5.97 Å². The highest BCUT2D eigenvalue weighted by molar-refractivity contribution is 5.78. The highest BCUT2D eigenvalue weighted by atomic mass is 16.6. The van der Waals surface area contributed by atoms with Crippen molar-refractivity contribution >= 4 is 11.7 Å². The summed E-state index contributed by atoms with van der Waals surface area (Å²) in [5.41, 5.74) is 2.10. The van der Waals surface area contributed by atoms with Crippen LogP contribution in [0.2, 0.25) is 0 Å². The maximum atomic E-state index is 12.3. The number of hydrogen-bond donors (Lipinski definition) is 0. The van der Waals surface area contributed by atoms with E-state index in [1.807, 2.05) is 29.2 Å². The van der Waals surface area contributed by atoms with E-state index in [9.17, 15) is 14.9 Å². The van der Waals surface area contributed by atoms with Crippen LogP contribution in [0.5, 0.6) is 5.75 Å². The van der Waals surface area contributed by atoms with E-state index in [1.165, 1.54) is 19.2 Å². The molecule has 0 saturated heterocycles. The SMILES string of the molecule is COC(=O)C1c2ccccc2CCN1CCOc1cccc([N+](=O)[O-])c1. The van der Waals surface area contributed by atoms with Crippen molar-refractivity contribution in [3.8, 4) is 5.75 Å². The number of carbonyl (C=O) groups is 1. The molecule has 7 nitrogen and oxygen atoms in total. The van der Waals surface area contributed by atoms with Gasteiger partial charge in [-0.1, -0.05) is 30.3 Å². The average molecular weight is 356 g/mol. The molecule has 0 aromatic heterocycles. The Labute approximate surface area is 151 Å². The summed E-state index contributed by atoms with van der Waals surface area (Å²) in [4.78, 5) is 24.7. The Balaban J connectivity index is 1.68. The lowest BCUT2D eigenvalue weighted by Crippen LogP contribution is -2.42. The van der Waals surface area contributed by atoms with Gasteiger partial charge in [-0.3, -0.25) is 15.0 Å². The van der Waals surface area contributed by atoms with Crippen molar-refractivity contribution in [3.05, 3.63) is 69.8 Å². The van der Waals surface area contributed by atoms with Gasteiger partial charge in [0.15, 0.2) is 0 Å². The Kier molecular flexibility index (Phi) is 5.48. The van der Waals surface area contributed by atoms with E-state index in [-0.39, 0.29) is 11.7 Å². The molecule has 0 bridgehead atoms. The Morgan fingerprint density at radius 3 is 2.85 bits per heavy atom. The second kappa shape index (κ2) is 7.97. The number of rotatable bonds is 6. The Morgan fingerprint density at radius 2 is 2.08 bits per heavy atom. The minimum atomic E-state index is -0.460. The molecule has 1 aliphatic heterocycles. The predicted octanol–water partition coefficient (Wildman–Crippen LogP) is 2.75. The minimum absolute atomic E-state index is 0.0122. The van der Waals surface area contributed by atoms with Gasteiger partial charge in [-0.25, -0.2) is 4.79 Å². The lowest BCUT2D eigenvalue weighted by atomic mass is 9.92. The van der Waals surface area contributed by atoms with Crippen LogP contribution in [0.4, 0.5) is 5.69 Å². The number of non-ortho nitro benzene ring substituents is 1. The maximum Gasteiger partial charge on any atom is 0.327 e. The fourth-order valence-electron chi connectivity index (χ4n) is 3.21. The van der Waals surface area contributed by atoms with Crippen LogP contribution >= 0.6 is 0 Å². The third-order valence-electron chi connectivity index (χ3n) is 4.48. The molecule has 0 N–H and O–H groups in total. The van der Waals surface area contributed by atoms with Crippen molar-refractivity contribution in [2.24, 2.45) is 0 Å². The monoisotopic (exact) mass is 356 g/mol. The van der Waals surface area contributed by atoms with Crippen LogP contribution in [-0.4, -0.2) is 42.6 Å². The van der Waals surface area contributed by atoms with E-state index in [0.29, 0.717) is 18.9 Å². The first-order chi connectivity index (χ1) is 12.6. The van der Waals surface area contributed by atoms with Gasteiger partial charge in [-0.2, -0.15) is 0 Å². The van der Waals surface area contributed by atoms with Crippen LogP contribution in [0.3, 0.4) is 0 Å². The molecule has 0 amide bonds. The largest absolute Gasteiger partial charge is 0.492 e. The van der Waals surface area contributed by atoms with E-state index in [4.69, 9.17) is 9.47 Å². The minimum Gasteiger partial charge on any atom is -0.492 e. The van der Waals surface area contributed by atoms with E-state index in [0.717, 1.165) is 24.1 Å². The predicted molar refractivity (Wildman–Crippen MR) is 95.1 cm³/mol. The number of nitro benzene ring substituents is 1. The summed E-state index contributed by atoms with van der Waals surface area (Å²) >= 11 is 0. The zero-order valence-electron chi connectivity index (χ0n) is 14.5. The van der Waals surface area contributed by atoms with Crippen LogP contribution in [0.25, 0.3) is 0 Å². The van der Waals surface area contributed by atoms with Crippen LogP contribution in [-0.2, 0) is 16.0 Å². The molecule has 2 aromatic rings. The third-order valence-corrected chi connectivity index (χ3v) is 4.48. The third kappa shape index (κ3) is 3.83. The topological polar surface area (TPSA) is 81.9 Å². The number of fused-ring (bicyclic) bond motifs is 1. The fraction of sp³-hybridized carbons (Fsp3) is 0.316. The number of hydrogen-bond acceptors (Lipinski definition) is 6. The zero-order valence-corrected chi connectivity index (χ0v) is 14.5. The molecule has 136 valence electrons. The summed E-state index contributed by atoms with van der Waals surface area (Å²) in [5, 5.41) is 10.8. The summed E-state index contributed by atoms with van der Waals surface area (Å²) < 4.78 is 10.6. The first-order valence-electron chi connectivity index (χ1n) is 8.37. The standard InChI is InChI=1S/C19H20N2O5/c1-25-19(22)18-17-8-3-2-5-14(17)9-10-20(18)11-12-26-16-7-4-6-15(13-16)21(23)24/h2-8,13,18H,9-12H2,1H3. The van der Waals surface area contributed by atoms with E-state index in [1.54, 1.807) is 12.1 Å². The van der Waals surface area contributed by atoms with Gasteiger partial charge in [0, 0.05) is 19.2 Å². The number of esters is 1. The molecule has 1 atom stereocenters. The van der Waals surface area contributed by atoms with Gasteiger partial charge in [-0.15, -0.1) is 0 Å². The number of carbonyl (C=O) groups excluding carboxylic acids is 1. The van der Waals surface area contributed by atoms with Gasteiger partial charge < -0.3 is 9.47 Å². The molecule has 26 heavy (non-hydrogen) atoms. The molecule has 7 heteroatoms. The number of nitrogens with zero attached hydrogens (tertiary/aromatic N) is 2. The van der Waals surface area contributed by atoms with E-state index >= 15 is 0 Å². The van der Waals surface area contributed by atoms with Crippen molar-refractivity contribution in [1.82, 2.24) is 4.90 Å². The van der Waals surface area contributed by atoms with Crippen molar-refractivity contribution in [3.63, 3.8) is 0 Å². The molecular weight excluding hydrogens is 336 g/mol. The summed E-state index contributed by atoms with van der Waals surface area (Å²) in [7, 11) is 1.39. The van der Waals surface area contributed by atoms with Gasteiger partial charge in [0.2, 0.25) is 0 Å². The Bertz CT molecular complexity index is 808. The second-order valence-electron chi connectivity index (χ2n) is 6.01. The smallest absolute Gasteiger partial charge is 0.327 e. The van der Waals surface area contributed by atoms with Crippen LogP contribution in [0, 0.1) is 10.1 Å². The highest BCUT2D eigenvalue weighted by Crippen LogP contribution is 2.30. The molecule has 3 rings (SSSR count). The number of methoxy groups -OCH3 is 1. The molecule has 0 radical (unpaired) electrons. The first kappa shape index (κ1) is 17.9. The van der Waals surface area contributed by atoms with Crippen LogP contribution in [0.1, 0.15) is 17.2 Å². The van der Waals surface area contributed by atoms with Crippen LogP contribution < -0.4 is 4.74 Å². The first-order valence-corrected chi connectivity index (χ1v) is 8.37. The molecular formula is C19H20N2O5. The molecule has 0 fully saturated rings. The van der Waals surface area contributed by atoms with E-state index in [2.05, 4.69) is 0 Å². The maximum absolute atomic E-state index is 12.3. The van der Waals surface area contributed by atoms with Gasteiger partial charge in [0.05, 0.1) is 18.1 Å². The van der Waals surface area contributed by atoms with Crippen LogP contribution in [0.15, 0.2) is 48.5 Å². The lowest BCUT2D eigenvalue weighted by molar-refractivity contribution is -0.384. The number of benzene rings is 2. The normalized spacial score (nSPS) is 16.6. The van der Waals surface area contributed by atoms with E-state index < -0.39 is 11.0 Å². The number of ether oxygens (including phenoxy) is 2. The molecule has 1 aliphatic rings. The zero-order chi connectivity index (χ0) is 18.5. The lowest BCUT2D eigenvalue weighted by Gasteiger charge is -2.35. The van der Waals surface area contributed by atoms with Gasteiger partial charge in [0.25, 0.3) is 5.69 Å². The Morgan fingerprint density at radius 1 is 1.27 bits per heavy atom. The van der Waals surface area contributed by atoms with Crippen molar-refractivity contribution in [2.45, 2.75) is 12.5 Å². The molecule has 2 aromatic carbocycles. The molecule has 0 aliphatic carbocycles. The van der Waals surface area contributed by atoms with Gasteiger partial charge in [-0.05, 0) is 23.6 Å². The fourth-order valence-corrected chi connectivity index (χ4v) is 3.21. The molecule has 1 heterocycles. The average Bonchev–Trinajstić information content (AvgIpc) is 2.67. The summed E-state index contributed by atoms with van der Waals surface area (Å²) in [6.45, 7) is 1.54. The van der Waals surface area contributed by atoms with Gasteiger partial charge in [0.1, 0.15) is 18.4 Å². The summed E-state index contributed by atoms with van der Waals surface area (Å²) in [6, 6.07) is 13.5. The quantitative estimate of drug-likeness (QED) is 0.450. The number of nitro groups is 1. The second-order valence-corrected chi connectivity index (χ2v) is 6.01. The molecule has 1 unspecified atom stereocenters. The highest BCUT2D eigenvalue weighted by Gasteiger charge is 2.33. The van der Waals surface area contributed by atoms with Crippen molar-refractivity contribution in [1.29, 1.82) is 0 Å². The van der Waals surface area contributed by atoms with Crippen molar-refractivity contribution < 1.29 is 19.2 Å².